The first-order chi connectivity index (χ1) is 13.9. The monoisotopic (exact) mass is 397 g/mol. The molecule has 1 fully saturated rings. The van der Waals surface area contributed by atoms with Gasteiger partial charge in [0.1, 0.15) is 11.7 Å². The maximum Gasteiger partial charge on any atom is 0.273 e. The van der Waals surface area contributed by atoms with E-state index in [0.29, 0.717) is 6.54 Å². The number of carbonyl (C=O) groups excluding carboxylic acids is 2. The van der Waals surface area contributed by atoms with E-state index < -0.39 is 28.4 Å². The fraction of sp³-hybridized carbons (Fsp3) is 0.211. The highest BCUT2D eigenvalue weighted by Gasteiger charge is 2.40. The number of hydrogen-bond acceptors (Lipinski definition) is 7. The van der Waals surface area contributed by atoms with Crippen molar-refractivity contribution in [1.82, 2.24) is 10.7 Å². The second-order valence-electron chi connectivity index (χ2n) is 6.30. The van der Waals surface area contributed by atoms with Gasteiger partial charge >= 0.3 is 0 Å². The largest absolute Gasteiger partial charge is 0.870 e. The smallest absolute Gasteiger partial charge is 0.273 e. The Labute approximate surface area is 165 Å². The summed E-state index contributed by atoms with van der Waals surface area (Å²) in [5.74, 6) is -3.24. The summed E-state index contributed by atoms with van der Waals surface area (Å²) < 4.78 is 4.84. The summed E-state index contributed by atoms with van der Waals surface area (Å²) >= 11 is 0. The lowest BCUT2D eigenvalue weighted by Gasteiger charge is -2.16. The molecule has 29 heavy (non-hydrogen) atoms. The van der Waals surface area contributed by atoms with Gasteiger partial charge in [0.2, 0.25) is 5.91 Å². The van der Waals surface area contributed by atoms with Crippen LogP contribution >= 0.6 is 0 Å². The van der Waals surface area contributed by atoms with Gasteiger partial charge < -0.3 is 15.2 Å². The van der Waals surface area contributed by atoms with Crippen LogP contribution in [-0.2, 0) is 9.59 Å². The SMILES string of the molecule is COc1cc([N+](=O)[O-])cc(C=NNC(=O)[C@H]2C(=O)NC[C@H]2c2ccccc2)c1[O-]. The van der Waals surface area contributed by atoms with Crippen LogP contribution in [0.15, 0.2) is 47.6 Å². The number of ether oxygens (including phenoxy) is 1. The first-order valence-corrected chi connectivity index (χ1v) is 8.61. The van der Waals surface area contributed by atoms with Crippen LogP contribution in [0.5, 0.6) is 11.5 Å². The third-order valence-electron chi connectivity index (χ3n) is 4.57. The molecule has 2 atom stereocenters. The van der Waals surface area contributed by atoms with Crippen LogP contribution in [0.1, 0.15) is 17.0 Å². The number of methoxy groups -OCH3 is 1. The van der Waals surface area contributed by atoms with E-state index in [1.54, 1.807) is 0 Å². The van der Waals surface area contributed by atoms with E-state index in [2.05, 4.69) is 15.8 Å². The first-order valence-electron chi connectivity index (χ1n) is 8.61. The molecule has 150 valence electrons. The normalized spacial score (nSPS) is 18.4. The van der Waals surface area contributed by atoms with Crippen LogP contribution in [0.3, 0.4) is 0 Å². The van der Waals surface area contributed by atoms with Gasteiger partial charge in [0.25, 0.3) is 11.6 Å². The van der Waals surface area contributed by atoms with Crippen LogP contribution in [-0.4, -0.2) is 36.6 Å². The Morgan fingerprint density at radius 1 is 1.34 bits per heavy atom. The van der Waals surface area contributed by atoms with E-state index in [1.807, 2.05) is 30.3 Å². The number of nitro groups is 1. The quantitative estimate of drug-likeness (QED) is 0.317. The summed E-state index contributed by atoms with van der Waals surface area (Å²) in [6.07, 6.45) is 0.986. The van der Waals surface area contributed by atoms with Gasteiger partial charge in [-0.1, -0.05) is 36.1 Å². The molecule has 0 aliphatic carbocycles. The molecule has 0 aromatic heterocycles. The number of hydrazone groups is 1. The fourth-order valence-corrected chi connectivity index (χ4v) is 3.13. The summed E-state index contributed by atoms with van der Waals surface area (Å²) in [5.41, 5.74) is 2.58. The van der Waals surface area contributed by atoms with Crippen LogP contribution in [0.25, 0.3) is 0 Å². The maximum atomic E-state index is 12.5. The number of nitrogens with zero attached hydrogens (tertiary/aromatic N) is 2. The molecule has 10 nitrogen and oxygen atoms in total. The number of amides is 2. The van der Waals surface area contributed by atoms with Crippen molar-refractivity contribution < 1.29 is 24.4 Å². The Kier molecular flexibility index (Phi) is 5.72. The number of non-ortho nitro benzene ring substituents is 1. The highest BCUT2D eigenvalue weighted by molar-refractivity contribution is 6.03. The molecular formula is C19H17N4O6-. The molecule has 0 saturated carbocycles. The lowest BCUT2D eigenvalue weighted by molar-refractivity contribution is -0.385. The van der Waals surface area contributed by atoms with Gasteiger partial charge in [-0.3, -0.25) is 19.7 Å². The molecule has 3 rings (SSSR count). The highest BCUT2D eigenvalue weighted by Crippen LogP contribution is 2.31. The Morgan fingerprint density at radius 2 is 2.07 bits per heavy atom. The van der Waals surface area contributed by atoms with E-state index >= 15 is 0 Å². The number of nitro benzene ring substituents is 1. The number of nitrogens with one attached hydrogen (secondary N) is 2. The van der Waals surface area contributed by atoms with Gasteiger partial charge in [-0.05, 0) is 11.1 Å². The number of carbonyl (C=O) groups is 2. The maximum absolute atomic E-state index is 12.5. The van der Waals surface area contributed by atoms with Crippen molar-refractivity contribution in [3.8, 4) is 11.5 Å². The van der Waals surface area contributed by atoms with Crippen LogP contribution in [0.2, 0.25) is 0 Å². The molecule has 2 aromatic rings. The standard InChI is InChI=1S/C19H18N4O6/c1-29-15-8-13(23(27)28)7-12(17(15)24)9-21-22-19(26)16-14(10-20-18(16)25)11-5-3-2-4-6-11/h2-9,14,16,24H,10H2,1H3,(H,20,25)(H,22,26)/p-1/t14-,16+/m0/s1. The van der Waals surface area contributed by atoms with Crippen molar-refractivity contribution in [1.29, 1.82) is 0 Å². The third-order valence-corrected chi connectivity index (χ3v) is 4.57. The third kappa shape index (κ3) is 4.15. The van der Waals surface area contributed by atoms with Gasteiger partial charge in [0.05, 0.1) is 24.3 Å². The Hall–Kier alpha value is -3.95. The van der Waals surface area contributed by atoms with Crippen molar-refractivity contribution in [2.75, 3.05) is 13.7 Å². The zero-order chi connectivity index (χ0) is 21.0. The van der Waals surface area contributed by atoms with Crippen LogP contribution in [0, 0.1) is 16.0 Å². The zero-order valence-corrected chi connectivity index (χ0v) is 15.3. The van der Waals surface area contributed by atoms with Crippen molar-refractivity contribution in [2.45, 2.75) is 5.92 Å². The van der Waals surface area contributed by atoms with E-state index in [9.17, 15) is 24.8 Å². The van der Waals surface area contributed by atoms with Crippen molar-refractivity contribution in [3.05, 3.63) is 63.7 Å². The molecule has 2 N–H and O–H groups in total. The molecular weight excluding hydrogens is 380 g/mol. The van der Waals surface area contributed by atoms with Crippen molar-refractivity contribution >= 4 is 23.7 Å². The van der Waals surface area contributed by atoms with Crippen molar-refractivity contribution in [3.63, 3.8) is 0 Å². The molecule has 2 amide bonds. The Balaban J connectivity index is 1.78. The highest BCUT2D eigenvalue weighted by atomic mass is 16.6. The number of rotatable bonds is 6. The number of benzene rings is 2. The van der Waals surface area contributed by atoms with Crippen LogP contribution < -0.4 is 20.6 Å². The zero-order valence-electron chi connectivity index (χ0n) is 15.3. The summed E-state index contributed by atoms with van der Waals surface area (Å²) in [6, 6.07) is 11.1. The summed E-state index contributed by atoms with van der Waals surface area (Å²) in [6.45, 7) is 0.317. The first kappa shape index (κ1) is 19.8. The predicted octanol–water partition coefficient (Wildman–Crippen LogP) is 0.657. The van der Waals surface area contributed by atoms with E-state index in [-0.39, 0.29) is 22.9 Å². The minimum absolute atomic E-state index is 0.133. The summed E-state index contributed by atoms with van der Waals surface area (Å²) in [5, 5.41) is 29.5. The molecule has 10 heteroatoms. The molecule has 1 aliphatic heterocycles. The average molecular weight is 397 g/mol. The van der Waals surface area contributed by atoms with Gasteiger partial charge in [-0.2, -0.15) is 5.10 Å². The minimum atomic E-state index is -0.985. The predicted molar refractivity (Wildman–Crippen MR) is 101 cm³/mol. The van der Waals surface area contributed by atoms with Gasteiger partial charge in [0, 0.05) is 18.5 Å². The molecule has 1 heterocycles. The topological polar surface area (TPSA) is 146 Å². The molecule has 2 aromatic carbocycles. The van der Waals surface area contributed by atoms with Crippen LogP contribution in [0.4, 0.5) is 5.69 Å². The lowest BCUT2D eigenvalue weighted by atomic mass is 9.88. The molecule has 0 bridgehead atoms. The average Bonchev–Trinajstić information content (AvgIpc) is 3.11. The van der Waals surface area contributed by atoms with E-state index in [4.69, 9.17) is 4.74 Å². The second-order valence-corrected chi connectivity index (χ2v) is 6.30. The molecule has 0 unspecified atom stereocenters. The van der Waals surface area contributed by atoms with Gasteiger partial charge in [-0.15, -0.1) is 0 Å². The Bertz CT molecular complexity index is 976. The molecule has 0 spiro atoms. The van der Waals surface area contributed by atoms with E-state index in [1.165, 1.54) is 7.11 Å². The summed E-state index contributed by atoms with van der Waals surface area (Å²) in [4.78, 5) is 35.0. The van der Waals surface area contributed by atoms with Gasteiger partial charge in [-0.25, -0.2) is 5.43 Å². The number of hydrogen-bond donors (Lipinski definition) is 2. The molecule has 1 saturated heterocycles. The lowest BCUT2D eigenvalue weighted by Crippen LogP contribution is -2.34. The van der Waals surface area contributed by atoms with Crippen molar-refractivity contribution in [2.24, 2.45) is 11.0 Å². The van der Waals surface area contributed by atoms with Gasteiger partial charge in [0.15, 0.2) is 0 Å². The molecule has 0 radical (unpaired) electrons. The fourth-order valence-electron chi connectivity index (χ4n) is 3.13. The minimum Gasteiger partial charge on any atom is -0.870 e. The Morgan fingerprint density at radius 3 is 2.72 bits per heavy atom. The summed E-state index contributed by atoms with van der Waals surface area (Å²) in [7, 11) is 1.21. The second kappa shape index (κ2) is 8.38. The van der Waals surface area contributed by atoms with E-state index in [0.717, 1.165) is 23.9 Å². The molecule has 1 aliphatic rings.